The molecule has 2 aliphatic heterocycles. The van der Waals surface area contributed by atoms with Gasteiger partial charge in [-0.2, -0.15) is 0 Å². The largest absolute Gasteiger partial charge is 0.491 e. The van der Waals surface area contributed by atoms with E-state index in [0.717, 1.165) is 62.8 Å². The molecule has 2 aliphatic rings. The van der Waals surface area contributed by atoms with E-state index < -0.39 is 0 Å². The van der Waals surface area contributed by atoms with E-state index in [-0.39, 0.29) is 7.47 Å². The van der Waals surface area contributed by atoms with Crippen molar-refractivity contribution in [1.29, 1.82) is 0 Å². The number of ether oxygens (including phenoxy) is 2. The molecule has 8 heteroatoms. The smallest absolute Gasteiger partial charge is 0.182 e. The van der Waals surface area contributed by atoms with Gasteiger partial charge in [-0.05, 0) is 56.2 Å². The number of aromatic amines is 1. The molecule has 36 heavy (non-hydrogen) atoms. The SMILES string of the molecule is CCOC[C@H]1CCCN1Cc1ccc(OC[C@H]2CCCN2c2ncnc3nc[nH]c23)c2ccccc12.[HH]. The Morgan fingerprint density at radius 3 is 2.75 bits per heavy atom. The second-order valence-electron chi connectivity index (χ2n) is 9.79. The van der Waals surface area contributed by atoms with E-state index in [1.54, 1.807) is 12.7 Å². The summed E-state index contributed by atoms with van der Waals surface area (Å²) in [6.07, 6.45) is 7.93. The predicted molar refractivity (Wildman–Crippen MR) is 144 cm³/mol. The number of likely N-dealkylation sites (tertiary alicyclic amines) is 1. The molecule has 0 bridgehead atoms. The number of H-pyrrole nitrogens is 1. The highest BCUT2D eigenvalue weighted by Crippen LogP contribution is 2.33. The van der Waals surface area contributed by atoms with Gasteiger partial charge in [0.1, 0.15) is 24.2 Å². The third-order valence-electron chi connectivity index (χ3n) is 7.64. The van der Waals surface area contributed by atoms with E-state index in [2.05, 4.69) is 73.1 Å². The second-order valence-corrected chi connectivity index (χ2v) is 9.79. The lowest BCUT2D eigenvalue weighted by Gasteiger charge is -2.27. The number of nitrogens with one attached hydrogen (secondary N) is 1. The van der Waals surface area contributed by atoms with E-state index in [4.69, 9.17) is 9.47 Å². The topological polar surface area (TPSA) is 79.4 Å². The molecule has 2 aromatic heterocycles. The van der Waals surface area contributed by atoms with Gasteiger partial charge in [0.2, 0.25) is 0 Å². The molecule has 2 fully saturated rings. The minimum absolute atomic E-state index is 0. The first kappa shape index (κ1) is 23.2. The normalized spacial score (nSPS) is 20.6. The maximum absolute atomic E-state index is 6.50. The molecule has 4 heterocycles. The van der Waals surface area contributed by atoms with Crippen molar-refractivity contribution >= 4 is 27.8 Å². The zero-order chi connectivity index (χ0) is 24.3. The highest BCUT2D eigenvalue weighted by molar-refractivity contribution is 5.91. The van der Waals surface area contributed by atoms with Crippen LogP contribution in [0.4, 0.5) is 5.82 Å². The summed E-state index contributed by atoms with van der Waals surface area (Å²) < 4.78 is 12.3. The van der Waals surface area contributed by atoms with Crippen molar-refractivity contribution in [3.05, 3.63) is 54.6 Å². The predicted octanol–water partition coefficient (Wildman–Crippen LogP) is 4.80. The Labute approximate surface area is 213 Å². The molecule has 2 atom stereocenters. The fourth-order valence-electron chi connectivity index (χ4n) is 5.81. The first-order chi connectivity index (χ1) is 17.8. The highest BCUT2D eigenvalue weighted by atomic mass is 16.5. The third kappa shape index (κ3) is 4.51. The lowest BCUT2D eigenvalue weighted by Crippen LogP contribution is -2.35. The number of aromatic nitrogens is 4. The second kappa shape index (κ2) is 10.4. The van der Waals surface area contributed by atoms with Crippen LogP contribution >= 0.6 is 0 Å². The molecule has 1 N–H and O–H groups in total. The number of hydrogen-bond donors (Lipinski definition) is 1. The summed E-state index contributed by atoms with van der Waals surface area (Å²) in [4.78, 5) is 21.3. The molecular weight excluding hydrogens is 452 g/mol. The van der Waals surface area contributed by atoms with Crippen molar-refractivity contribution in [3.8, 4) is 5.75 Å². The Morgan fingerprint density at radius 1 is 0.972 bits per heavy atom. The highest BCUT2D eigenvalue weighted by Gasteiger charge is 2.29. The zero-order valence-corrected chi connectivity index (χ0v) is 20.9. The lowest BCUT2D eigenvalue weighted by atomic mass is 10.0. The number of fused-ring (bicyclic) bond motifs is 2. The van der Waals surface area contributed by atoms with Crippen LogP contribution in [0.3, 0.4) is 0 Å². The van der Waals surface area contributed by atoms with E-state index >= 15 is 0 Å². The lowest BCUT2D eigenvalue weighted by molar-refractivity contribution is 0.0825. The Balaban J connectivity index is 0.00000280. The van der Waals surface area contributed by atoms with E-state index in [9.17, 15) is 0 Å². The molecule has 0 spiro atoms. The Kier molecular flexibility index (Phi) is 6.70. The summed E-state index contributed by atoms with van der Waals surface area (Å²) in [5.74, 6) is 1.86. The van der Waals surface area contributed by atoms with Gasteiger partial charge in [-0.3, -0.25) is 4.90 Å². The molecule has 2 saturated heterocycles. The van der Waals surface area contributed by atoms with Gasteiger partial charge in [-0.15, -0.1) is 0 Å². The first-order valence-electron chi connectivity index (χ1n) is 13.2. The van der Waals surface area contributed by atoms with Crippen LogP contribution in [0.5, 0.6) is 5.75 Å². The number of anilines is 1. The van der Waals surface area contributed by atoms with Crippen molar-refractivity contribution < 1.29 is 10.9 Å². The standard InChI is InChI=1S/C28H34N6O2.H2/c1-2-35-16-21-7-5-13-33(21)15-20-11-12-25(24-10-4-3-9-23(20)24)36-17-22-8-6-14-34(22)28-26-27(30-18-29-26)31-19-32-28;/h3-4,9-12,18-19,21-22H,2,5-8,13-17H2,1H3,(H,29,30,31,32);1H/t21-,22-;/m1./s1. The molecule has 0 amide bonds. The quantitative estimate of drug-likeness (QED) is 0.362. The van der Waals surface area contributed by atoms with Crippen molar-refractivity contribution in [1.82, 2.24) is 24.8 Å². The molecule has 6 rings (SSSR count). The van der Waals surface area contributed by atoms with Crippen LogP contribution < -0.4 is 9.64 Å². The van der Waals surface area contributed by atoms with Gasteiger partial charge >= 0.3 is 0 Å². The maximum Gasteiger partial charge on any atom is 0.182 e. The summed E-state index contributed by atoms with van der Waals surface area (Å²) >= 11 is 0. The van der Waals surface area contributed by atoms with Crippen molar-refractivity contribution in [2.45, 2.75) is 51.2 Å². The number of nitrogens with zero attached hydrogens (tertiary/aromatic N) is 5. The summed E-state index contributed by atoms with van der Waals surface area (Å²) in [7, 11) is 0. The molecule has 0 saturated carbocycles. The van der Waals surface area contributed by atoms with Crippen molar-refractivity contribution in [2.75, 3.05) is 37.8 Å². The molecular formula is C28H36N6O2. The average Bonchev–Trinajstić information content (AvgIpc) is 3.68. The Hall–Kier alpha value is -3.23. The number of benzene rings is 2. The Morgan fingerprint density at radius 2 is 1.83 bits per heavy atom. The minimum Gasteiger partial charge on any atom is -0.491 e. The number of imidazole rings is 1. The summed E-state index contributed by atoms with van der Waals surface area (Å²) in [5, 5.41) is 2.45. The van der Waals surface area contributed by atoms with Gasteiger partial charge in [-0.25, -0.2) is 15.0 Å². The fraction of sp³-hybridized carbons (Fsp3) is 0.464. The molecule has 2 aromatic carbocycles. The molecule has 0 aliphatic carbocycles. The zero-order valence-electron chi connectivity index (χ0n) is 20.9. The molecule has 4 aromatic rings. The summed E-state index contributed by atoms with van der Waals surface area (Å²) in [6.45, 7) is 7.33. The van der Waals surface area contributed by atoms with E-state index in [1.165, 1.54) is 29.2 Å². The van der Waals surface area contributed by atoms with Gasteiger partial charge in [0.15, 0.2) is 11.5 Å². The van der Waals surface area contributed by atoms with Gasteiger partial charge in [0.05, 0.1) is 19.0 Å². The number of rotatable bonds is 9. The van der Waals surface area contributed by atoms with Gasteiger partial charge in [-0.1, -0.05) is 30.3 Å². The molecule has 0 radical (unpaired) electrons. The van der Waals surface area contributed by atoms with E-state index in [1.807, 2.05) is 0 Å². The van der Waals surface area contributed by atoms with E-state index in [0.29, 0.717) is 18.3 Å². The van der Waals surface area contributed by atoms with Crippen LogP contribution in [0.1, 0.15) is 39.6 Å². The van der Waals surface area contributed by atoms with Crippen LogP contribution in [0.25, 0.3) is 21.9 Å². The van der Waals surface area contributed by atoms with Crippen LogP contribution in [0, 0.1) is 0 Å². The van der Waals surface area contributed by atoms with Crippen LogP contribution in [-0.2, 0) is 11.3 Å². The molecule has 0 unspecified atom stereocenters. The summed E-state index contributed by atoms with van der Waals surface area (Å²) in [5.41, 5.74) is 2.95. The van der Waals surface area contributed by atoms with Crippen molar-refractivity contribution in [2.24, 2.45) is 0 Å². The monoisotopic (exact) mass is 488 g/mol. The van der Waals surface area contributed by atoms with Gasteiger partial charge < -0.3 is 19.4 Å². The fourth-order valence-corrected chi connectivity index (χ4v) is 5.81. The van der Waals surface area contributed by atoms with Crippen LogP contribution in [0.15, 0.2) is 49.1 Å². The van der Waals surface area contributed by atoms with Crippen LogP contribution in [0.2, 0.25) is 0 Å². The van der Waals surface area contributed by atoms with Gasteiger partial charge in [0.25, 0.3) is 0 Å². The number of hydrogen-bond acceptors (Lipinski definition) is 7. The Bertz CT molecular complexity index is 1330. The molecule has 8 nitrogen and oxygen atoms in total. The minimum atomic E-state index is 0. The summed E-state index contributed by atoms with van der Waals surface area (Å²) in [6, 6.07) is 13.8. The van der Waals surface area contributed by atoms with Gasteiger partial charge in [0, 0.05) is 32.6 Å². The van der Waals surface area contributed by atoms with Crippen molar-refractivity contribution in [3.63, 3.8) is 0 Å². The molecule has 190 valence electrons. The first-order valence-corrected chi connectivity index (χ1v) is 13.2. The average molecular weight is 489 g/mol. The van der Waals surface area contributed by atoms with Crippen LogP contribution in [-0.4, -0.2) is 69.8 Å². The third-order valence-corrected chi connectivity index (χ3v) is 7.64. The maximum atomic E-state index is 6.50.